The molecule has 132 valence electrons. The van der Waals surface area contributed by atoms with E-state index in [0.29, 0.717) is 21.2 Å². The molecule has 0 amide bonds. The lowest BCUT2D eigenvalue weighted by atomic mass is 10.2. The fourth-order valence-corrected chi connectivity index (χ4v) is 3.63. The average Bonchev–Trinajstić information content (AvgIpc) is 3.28. The lowest BCUT2D eigenvalue weighted by Gasteiger charge is -2.04. The number of nitrogens with zero attached hydrogens (tertiary/aromatic N) is 7. The monoisotopic (exact) mass is 377 g/mol. The van der Waals surface area contributed by atoms with Crippen molar-refractivity contribution in [2.24, 2.45) is 7.05 Å². The largest absolute Gasteiger partial charge is 0.275 e. The van der Waals surface area contributed by atoms with Gasteiger partial charge in [-0.25, -0.2) is 4.39 Å². The third-order valence-corrected chi connectivity index (χ3v) is 5.06. The van der Waals surface area contributed by atoms with Crippen molar-refractivity contribution in [2.75, 3.05) is 0 Å². The molecule has 1 aromatic carbocycles. The number of hydrogen-bond donors (Lipinski definition) is 0. The van der Waals surface area contributed by atoms with Gasteiger partial charge in [0.2, 0.25) is 5.16 Å². The Balaban J connectivity index is 1.58. The Kier molecular flexibility index (Phi) is 3.61. The molecular formula is C18H12FN7S. The highest BCUT2D eigenvalue weighted by Crippen LogP contribution is 2.31. The molecule has 0 saturated carbocycles. The summed E-state index contributed by atoms with van der Waals surface area (Å²) in [5.41, 5.74) is 2.82. The van der Waals surface area contributed by atoms with Gasteiger partial charge in [0.1, 0.15) is 5.82 Å². The van der Waals surface area contributed by atoms with E-state index in [9.17, 15) is 4.39 Å². The molecular weight excluding hydrogens is 365 g/mol. The zero-order valence-corrected chi connectivity index (χ0v) is 14.9. The first kappa shape index (κ1) is 15.9. The summed E-state index contributed by atoms with van der Waals surface area (Å²) in [6, 6.07) is 10.6. The summed E-state index contributed by atoms with van der Waals surface area (Å²) in [7, 11) is 1.85. The van der Waals surface area contributed by atoms with E-state index >= 15 is 0 Å². The summed E-state index contributed by atoms with van der Waals surface area (Å²) in [4.78, 5) is 4.62. The van der Waals surface area contributed by atoms with Crippen molar-refractivity contribution in [3.05, 3.63) is 60.8 Å². The predicted octanol–water partition coefficient (Wildman–Crippen LogP) is 3.36. The van der Waals surface area contributed by atoms with Crippen LogP contribution in [0.2, 0.25) is 0 Å². The normalized spacial score (nSPS) is 11.5. The van der Waals surface area contributed by atoms with Crippen molar-refractivity contribution >= 4 is 28.3 Å². The molecule has 0 N–H and O–H groups in total. The third-order valence-electron chi connectivity index (χ3n) is 4.09. The molecule has 4 aromatic heterocycles. The number of fused-ring (bicyclic) bond motifs is 2. The topological polar surface area (TPSA) is 73.8 Å². The predicted molar refractivity (Wildman–Crippen MR) is 98.8 cm³/mol. The van der Waals surface area contributed by atoms with Crippen LogP contribution < -0.4 is 0 Å². The summed E-state index contributed by atoms with van der Waals surface area (Å²) in [6.07, 6.45) is 5.26. The van der Waals surface area contributed by atoms with Crippen LogP contribution in [0.15, 0.2) is 65.0 Å². The highest BCUT2D eigenvalue weighted by atomic mass is 32.2. The maximum Gasteiger partial charge on any atom is 0.217 e. The van der Waals surface area contributed by atoms with Crippen LogP contribution in [0.5, 0.6) is 0 Å². The first-order valence-corrected chi connectivity index (χ1v) is 8.93. The van der Waals surface area contributed by atoms with Gasteiger partial charge in [-0.2, -0.15) is 14.7 Å². The molecule has 0 radical (unpaired) electrons. The maximum absolute atomic E-state index is 14.5. The van der Waals surface area contributed by atoms with Gasteiger partial charge >= 0.3 is 0 Å². The summed E-state index contributed by atoms with van der Waals surface area (Å²) in [5, 5.41) is 18.4. The molecule has 0 unspecified atom stereocenters. The Morgan fingerprint density at radius 2 is 2.04 bits per heavy atom. The van der Waals surface area contributed by atoms with Crippen molar-refractivity contribution in [2.45, 2.75) is 10.1 Å². The van der Waals surface area contributed by atoms with Crippen molar-refractivity contribution in [3.63, 3.8) is 0 Å². The standard InChI is InChI=1S/C18H12FN7S/c1-25-10-12(9-21-25)14-4-5-17-22-23-18(26(17)24-14)27-16-7-11-3-2-6-20-15(11)8-13(16)19/h2-10H,1H3. The van der Waals surface area contributed by atoms with E-state index in [1.165, 1.54) is 17.8 Å². The molecule has 27 heavy (non-hydrogen) atoms. The molecule has 5 aromatic rings. The van der Waals surface area contributed by atoms with E-state index in [-0.39, 0.29) is 5.82 Å². The number of pyridine rings is 1. The lowest BCUT2D eigenvalue weighted by Crippen LogP contribution is -1.96. The maximum atomic E-state index is 14.5. The summed E-state index contributed by atoms with van der Waals surface area (Å²) in [5.74, 6) is -0.355. The van der Waals surface area contributed by atoms with E-state index in [1.807, 2.05) is 37.5 Å². The molecule has 5 rings (SSSR count). The molecule has 0 fully saturated rings. The summed E-state index contributed by atoms with van der Waals surface area (Å²) in [6.45, 7) is 0. The Hall–Kier alpha value is -3.33. The third kappa shape index (κ3) is 2.81. The van der Waals surface area contributed by atoms with Crippen LogP contribution in [0.3, 0.4) is 0 Å². The first-order chi connectivity index (χ1) is 13.2. The van der Waals surface area contributed by atoms with E-state index < -0.39 is 0 Å². The van der Waals surface area contributed by atoms with Gasteiger partial charge in [0.05, 0.1) is 22.3 Å². The molecule has 0 saturated heterocycles. The molecule has 9 heteroatoms. The van der Waals surface area contributed by atoms with Crippen LogP contribution in [0.4, 0.5) is 4.39 Å². The number of aryl methyl sites for hydroxylation is 1. The first-order valence-electron chi connectivity index (χ1n) is 8.11. The van der Waals surface area contributed by atoms with Crippen molar-refractivity contribution in [1.29, 1.82) is 0 Å². The molecule has 0 aliphatic carbocycles. The zero-order chi connectivity index (χ0) is 18.4. The summed E-state index contributed by atoms with van der Waals surface area (Å²) < 4.78 is 17.8. The smallest absolute Gasteiger partial charge is 0.217 e. The van der Waals surface area contributed by atoms with Gasteiger partial charge in [-0.15, -0.1) is 10.2 Å². The Labute approximate surface area is 156 Å². The van der Waals surface area contributed by atoms with Crippen LogP contribution in [-0.4, -0.2) is 34.6 Å². The highest BCUT2D eigenvalue weighted by Gasteiger charge is 2.14. The second-order valence-electron chi connectivity index (χ2n) is 5.95. The van der Waals surface area contributed by atoms with Crippen molar-refractivity contribution in [1.82, 2.24) is 34.6 Å². The SMILES string of the molecule is Cn1cc(-c2ccc3nnc(Sc4cc5cccnc5cc4F)n3n2)cn1. The minimum absolute atomic E-state index is 0.355. The van der Waals surface area contributed by atoms with Crippen LogP contribution in [0.25, 0.3) is 27.8 Å². The van der Waals surface area contributed by atoms with Gasteiger partial charge in [0.25, 0.3) is 0 Å². The van der Waals surface area contributed by atoms with Gasteiger partial charge in [0, 0.05) is 36.5 Å². The minimum atomic E-state index is -0.355. The van der Waals surface area contributed by atoms with E-state index in [4.69, 9.17) is 0 Å². The quantitative estimate of drug-likeness (QED) is 0.480. The Bertz CT molecular complexity index is 1290. The zero-order valence-electron chi connectivity index (χ0n) is 14.1. The van der Waals surface area contributed by atoms with Gasteiger partial charge < -0.3 is 0 Å². The second-order valence-corrected chi connectivity index (χ2v) is 6.96. The van der Waals surface area contributed by atoms with E-state index in [2.05, 4.69) is 25.4 Å². The van der Waals surface area contributed by atoms with E-state index in [0.717, 1.165) is 16.6 Å². The van der Waals surface area contributed by atoms with Crippen molar-refractivity contribution < 1.29 is 4.39 Å². The molecule has 0 bridgehead atoms. The van der Waals surface area contributed by atoms with Gasteiger partial charge in [0.15, 0.2) is 5.65 Å². The fourth-order valence-electron chi connectivity index (χ4n) is 2.79. The number of benzene rings is 1. The molecule has 7 nitrogen and oxygen atoms in total. The van der Waals surface area contributed by atoms with Gasteiger partial charge in [-0.05, 0) is 36.0 Å². The number of rotatable bonds is 3. The molecule has 4 heterocycles. The summed E-state index contributed by atoms with van der Waals surface area (Å²) >= 11 is 1.18. The van der Waals surface area contributed by atoms with Crippen LogP contribution in [0, 0.1) is 5.82 Å². The average molecular weight is 377 g/mol. The minimum Gasteiger partial charge on any atom is -0.275 e. The van der Waals surface area contributed by atoms with Gasteiger partial charge in [-0.3, -0.25) is 9.67 Å². The lowest BCUT2D eigenvalue weighted by molar-refractivity contribution is 0.603. The van der Waals surface area contributed by atoms with Crippen LogP contribution >= 0.6 is 11.8 Å². The highest BCUT2D eigenvalue weighted by molar-refractivity contribution is 7.99. The van der Waals surface area contributed by atoms with E-state index in [1.54, 1.807) is 27.7 Å². The second kappa shape index (κ2) is 6.13. The Morgan fingerprint density at radius 3 is 2.89 bits per heavy atom. The molecule has 0 atom stereocenters. The van der Waals surface area contributed by atoms with Crippen molar-refractivity contribution in [3.8, 4) is 11.3 Å². The van der Waals surface area contributed by atoms with Gasteiger partial charge in [-0.1, -0.05) is 6.07 Å². The fraction of sp³-hybridized carbons (Fsp3) is 0.0556. The van der Waals surface area contributed by atoms with Crippen LogP contribution in [0.1, 0.15) is 0 Å². The number of hydrogen-bond acceptors (Lipinski definition) is 6. The molecule has 0 spiro atoms. The number of halogens is 1. The molecule has 0 aliphatic heterocycles. The molecule has 0 aliphatic rings. The van der Waals surface area contributed by atoms with Crippen LogP contribution in [-0.2, 0) is 7.05 Å². The number of aromatic nitrogens is 7. The Morgan fingerprint density at radius 1 is 1.11 bits per heavy atom.